The van der Waals surface area contributed by atoms with E-state index in [0.717, 1.165) is 38.8 Å². The van der Waals surface area contributed by atoms with Gasteiger partial charge in [-0.05, 0) is 90.8 Å². The first-order chi connectivity index (χ1) is 17.9. The summed E-state index contributed by atoms with van der Waals surface area (Å²) in [5.41, 5.74) is 5.30. The van der Waals surface area contributed by atoms with E-state index in [0.29, 0.717) is 17.6 Å². The van der Waals surface area contributed by atoms with Gasteiger partial charge in [0.25, 0.3) is 5.91 Å². The Morgan fingerprint density at radius 1 is 0.973 bits per heavy atom. The van der Waals surface area contributed by atoms with Crippen LogP contribution in [0.3, 0.4) is 0 Å². The maximum absolute atomic E-state index is 12.6. The number of nitrogens with one attached hydrogen (secondary N) is 2. The molecule has 1 atom stereocenters. The minimum atomic E-state index is -0.430. The molecule has 186 valence electrons. The van der Waals surface area contributed by atoms with Gasteiger partial charge in [-0.3, -0.25) is 10.1 Å². The maximum Gasteiger partial charge on any atom is 0.293 e. The molecule has 0 aliphatic rings. The van der Waals surface area contributed by atoms with Crippen LogP contribution >= 0.6 is 28.1 Å². The molecule has 6 nitrogen and oxygen atoms in total. The SMILES string of the molecule is CCC(C)c1ccc2oc(-c3ccc(NC(=S)NC(=O)c4ccc(-c5ccc(Br)cc5)o4)cc3)nc2c1. The summed E-state index contributed by atoms with van der Waals surface area (Å²) in [6.07, 6.45) is 1.07. The molecule has 0 aliphatic carbocycles. The van der Waals surface area contributed by atoms with Crippen LogP contribution < -0.4 is 10.6 Å². The molecule has 0 aliphatic heterocycles. The standard InChI is InChI=1S/C29H24BrN3O3S/c1-3-17(2)20-8-13-25-23(16-20)32-28(36-25)19-6-11-22(12-7-19)31-29(37)33-27(34)26-15-14-24(35-26)18-4-9-21(30)10-5-18/h4-17H,3H2,1-2H3,(H2,31,33,34,37). The van der Waals surface area contributed by atoms with Gasteiger partial charge < -0.3 is 14.2 Å². The van der Waals surface area contributed by atoms with Crippen molar-refractivity contribution in [1.29, 1.82) is 0 Å². The monoisotopic (exact) mass is 573 g/mol. The maximum atomic E-state index is 12.6. The number of oxazole rings is 1. The number of carbonyl (C=O) groups excluding carboxylic acids is 1. The van der Waals surface area contributed by atoms with Crippen LogP contribution in [0.2, 0.25) is 0 Å². The molecule has 5 rings (SSSR count). The lowest BCUT2D eigenvalue weighted by Crippen LogP contribution is -2.33. The van der Waals surface area contributed by atoms with Gasteiger partial charge in [-0.25, -0.2) is 4.98 Å². The van der Waals surface area contributed by atoms with Gasteiger partial charge in [0.1, 0.15) is 11.3 Å². The molecule has 3 aromatic carbocycles. The largest absolute Gasteiger partial charge is 0.451 e. The quantitative estimate of drug-likeness (QED) is 0.199. The number of carbonyl (C=O) groups is 1. The second-order valence-electron chi connectivity index (χ2n) is 8.71. The van der Waals surface area contributed by atoms with Crippen molar-refractivity contribution in [3.05, 3.63) is 94.7 Å². The Bertz CT molecular complexity index is 1570. The van der Waals surface area contributed by atoms with Gasteiger partial charge in [0.15, 0.2) is 16.5 Å². The molecule has 0 saturated carbocycles. The summed E-state index contributed by atoms with van der Waals surface area (Å²) in [4.78, 5) is 17.3. The number of aromatic nitrogens is 1. The molecule has 0 bridgehead atoms. The van der Waals surface area contributed by atoms with E-state index in [-0.39, 0.29) is 10.9 Å². The summed E-state index contributed by atoms with van der Waals surface area (Å²) in [6.45, 7) is 4.38. The number of nitrogens with zero attached hydrogens (tertiary/aromatic N) is 1. The Morgan fingerprint density at radius 3 is 2.43 bits per heavy atom. The number of hydrogen-bond acceptors (Lipinski definition) is 5. The van der Waals surface area contributed by atoms with Crippen LogP contribution in [0, 0.1) is 0 Å². The van der Waals surface area contributed by atoms with Crippen molar-refractivity contribution in [2.24, 2.45) is 0 Å². The number of rotatable bonds is 6. The highest BCUT2D eigenvalue weighted by Gasteiger charge is 2.15. The molecule has 1 unspecified atom stereocenters. The van der Waals surface area contributed by atoms with E-state index >= 15 is 0 Å². The molecule has 2 N–H and O–H groups in total. The molecule has 2 aromatic heterocycles. The lowest BCUT2D eigenvalue weighted by Gasteiger charge is -2.09. The molecule has 2 heterocycles. The highest BCUT2D eigenvalue weighted by Crippen LogP contribution is 2.29. The highest BCUT2D eigenvalue weighted by atomic mass is 79.9. The summed E-state index contributed by atoms with van der Waals surface area (Å²) >= 11 is 8.73. The first kappa shape index (κ1) is 24.9. The molecule has 1 amide bonds. The average molecular weight is 575 g/mol. The number of benzene rings is 3. The first-order valence-corrected chi connectivity index (χ1v) is 13.1. The summed E-state index contributed by atoms with van der Waals surface area (Å²) in [7, 11) is 0. The van der Waals surface area contributed by atoms with E-state index in [2.05, 4.69) is 57.5 Å². The van der Waals surface area contributed by atoms with Crippen LogP contribution in [0.5, 0.6) is 0 Å². The molecular weight excluding hydrogens is 550 g/mol. The molecule has 8 heteroatoms. The zero-order valence-electron chi connectivity index (χ0n) is 20.2. The van der Waals surface area contributed by atoms with E-state index < -0.39 is 5.91 Å². The zero-order valence-corrected chi connectivity index (χ0v) is 22.7. The van der Waals surface area contributed by atoms with Gasteiger partial charge in [-0.1, -0.05) is 48.0 Å². The number of thiocarbonyl (C=S) groups is 1. The second kappa shape index (κ2) is 10.7. The van der Waals surface area contributed by atoms with Gasteiger partial charge in [-0.15, -0.1) is 0 Å². The fraction of sp³-hybridized carbons (Fsp3) is 0.138. The van der Waals surface area contributed by atoms with E-state index in [4.69, 9.17) is 21.1 Å². The lowest BCUT2D eigenvalue weighted by atomic mass is 9.98. The number of fused-ring (bicyclic) bond motifs is 1. The molecular formula is C29H24BrN3O3S. The Balaban J connectivity index is 1.22. The predicted octanol–water partition coefficient (Wildman–Crippen LogP) is 8.16. The Morgan fingerprint density at radius 2 is 1.70 bits per heavy atom. The average Bonchev–Trinajstić information content (AvgIpc) is 3.56. The van der Waals surface area contributed by atoms with Crippen LogP contribution in [-0.2, 0) is 0 Å². The Kier molecular flexibility index (Phi) is 7.21. The minimum Gasteiger partial charge on any atom is -0.451 e. The summed E-state index contributed by atoms with van der Waals surface area (Å²) in [5.74, 6) is 1.37. The molecule has 0 fully saturated rings. The van der Waals surface area contributed by atoms with Gasteiger partial charge in [-0.2, -0.15) is 0 Å². The van der Waals surface area contributed by atoms with Crippen molar-refractivity contribution < 1.29 is 13.6 Å². The number of furan rings is 1. The zero-order chi connectivity index (χ0) is 25.9. The van der Waals surface area contributed by atoms with Crippen molar-refractivity contribution >= 4 is 56.0 Å². The van der Waals surface area contributed by atoms with Crippen LogP contribution in [0.25, 0.3) is 33.9 Å². The number of hydrogen-bond donors (Lipinski definition) is 2. The third kappa shape index (κ3) is 5.65. The Hall–Kier alpha value is -3.75. The number of anilines is 1. The second-order valence-corrected chi connectivity index (χ2v) is 10.0. The van der Waals surface area contributed by atoms with Crippen LogP contribution in [0.1, 0.15) is 42.3 Å². The number of amides is 1. The molecule has 0 spiro atoms. The topological polar surface area (TPSA) is 80.3 Å². The van der Waals surface area contributed by atoms with Crippen molar-refractivity contribution in [2.75, 3.05) is 5.32 Å². The normalized spacial score (nSPS) is 11.9. The van der Waals surface area contributed by atoms with E-state index in [1.54, 1.807) is 12.1 Å². The van der Waals surface area contributed by atoms with Crippen molar-refractivity contribution in [3.63, 3.8) is 0 Å². The van der Waals surface area contributed by atoms with Crippen molar-refractivity contribution in [1.82, 2.24) is 10.3 Å². The summed E-state index contributed by atoms with van der Waals surface area (Å²) in [5, 5.41) is 5.84. The smallest absolute Gasteiger partial charge is 0.293 e. The third-order valence-corrected chi connectivity index (χ3v) is 6.90. The summed E-state index contributed by atoms with van der Waals surface area (Å²) in [6, 6.07) is 24.7. The summed E-state index contributed by atoms with van der Waals surface area (Å²) < 4.78 is 12.6. The van der Waals surface area contributed by atoms with Crippen LogP contribution in [0.4, 0.5) is 5.69 Å². The minimum absolute atomic E-state index is 0.166. The third-order valence-electron chi connectivity index (χ3n) is 6.17. The fourth-order valence-electron chi connectivity index (χ4n) is 3.86. The van der Waals surface area contributed by atoms with Gasteiger partial charge in [0, 0.05) is 21.3 Å². The van der Waals surface area contributed by atoms with Crippen LogP contribution in [-0.4, -0.2) is 16.0 Å². The van der Waals surface area contributed by atoms with Crippen molar-refractivity contribution in [2.45, 2.75) is 26.2 Å². The molecule has 5 aromatic rings. The van der Waals surface area contributed by atoms with E-state index in [9.17, 15) is 4.79 Å². The Labute approximate surface area is 228 Å². The van der Waals surface area contributed by atoms with Gasteiger partial charge >= 0.3 is 0 Å². The van der Waals surface area contributed by atoms with Gasteiger partial charge in [0.05, 0.1) is 0 Å². The fourth-order valence-corrected chi connectivity index (χ4v) is 4.34. The predicted molar refractivity (Wildman–Crippen MR) is 154 cm³/mol. The van der Waals surface area contributed by atoms with E-state index in [1.807, 2.05) is 54.6 Å². The highest BCUT2D eigenvalue weighted by molar-refractivity contribution is 9.10. The number of halogens is 1. The van der Waals surface area contributed by atoms with Crippen molar-refractivity contribution in [3.8, 4) is 22.8 Å². The molecule has 0 radical (unpaired) electrons. The molecule has 0 saturated heterocycles. The molecule has 37 heavy (non-hydrogen) atoms. The first-order valence-electron chi connectivity index (χ1n) is 11.9. The lowest BCUT2D eigenvalue weighted by molar-refractivity contribution is 0.0951. The van der Waals surface area contributed by atoms with Gasteiger partial charge in [0.2, 0.25) is 5.89 Å². The van der Waals surface area contributed by atoms with E-state index in [1.165, 1.54) is 5.56 Å². The van der Waals surface area contributed by atoms with Crippen LogP contribution in [0.15, 0.2) is 92.2 Å².